The van der Waals surface area contributed by atoms with Crippen LogP contribution < -0.4 is 15.4 Å². The van der Waals surface area contributed by atoms with Crippen LogP contribution in [0.25, 0.3) is 0 Å². The monoisotopic (exact) mass is 421 g/mol. The molecular weight excluding hydrogens is 398 g/mol. The van der Waals surface area contributed by atoms with Crippen molar-refractivity contribution in [2.45, 2.75) is 6.54 Å². The molecule has 1 heterocycles. The van der Waals surface area contributed by atoms with E-state index in [1.54, 1.807) is 74.8 Å². The number of nitrogens with zero attached hydrogens (tertiary/aromatic N) is 1. The summed E-state index contributed by atoms with van der Waals surface area (Å²) < 4.78 is 10.6. The highest BCUT2D eigenvalue weighted by molar-refractivity contribution is 6.02. The first-order valence-electron chi connectivity index (χ1n) is 9.57. The van der Waals surface area contributed by atoms with Crippen molar-refractivity contribution >= 4 is 23.4 Å². The molecule has 0 radical (unpaired) electrons. The molecule has 1 aromatic heterocycles. The number of hydrogen-bond acceptors (Lipinski definition) is 5. The summed E-state index contributed by atoms with van der Waals surface area (Å²) in [5.74, 6) is -0.105. The molecule has 31 heavy (non-hydrogen) atoms. The van der Waals surface area contributed by atoms with E-state index in [1.807, 2.05) is 0 Å². The number of carbonyl (C=O) groups excluding carboxylic acids is 3. The molecule has 2 N–H and O–H groups in total. The first kappa shape index (κ1) is 21.6. The molecule has 8 nitrogen and oxygen atoms in total. The molecule has 0 spiro atoms. The van der Waals surface area contributed by atoms with Gasteiger partial charge in [0.05, 0.1) is 6.26 Å². The fourth-order valence-corrected chi connectivity index (χ4v) is 2.69. The Balaban J connectivity index is 1.46. The lowest BCUT2D eigenvalue weighted by Crippen LogP contribution is -2.28. The summed E-state index contributed by atoms with van der Waals surface area (Å²) in [6.07, 6.45) is 1.42. The molecule has 0 saturated carbocycles. The third kappa shape index (κ3) is 6.20. The normalized spacial score (nSPS) is 10.3. The Hall–Kier alpha value is -4.07. The van der Waals surface area contributed by atoms with E-state index in [4.69, 9.17) is 9.15 Å². The van der Waals surface area contributed by atoms with Gasteiger partial charge in [0.15, 0.2) is 12.4 Å². The summed E-state index contributed by atoms with van der Waals surface area (Å²) in [7, 11) is 3.39. The molecule has 0 atom stereocenters. The number of benzene rings is 2. The summed E-state index contributed by atoms with van der Waals surface area (Å²) >= 11 is 0. The molecule has 3 amide bonds. The maximum Gasteiger partial charge on any atom is 0.291 e. The number of rotatable bonds is 8. The van der Waals surface area contributed by atoms with Gasteiger partial charge in [0.2, 0.25) is 0 Å². The lowest BCUT2D eigenvalue weighted by Gasteiger charge is -2.11. The second kappa shape index (κ2) is 10.1. The van der Waals surface area contributed by atoms with Gasteiger partial charge in [0.25, 0.3) is 17.7 Å². The molecule has 3 aromatic rings. The van der Waals surface area contributed by atoms with Crippen LogP contribution >= 0.6 is 0 Å². The van der Waals surface area contributed by atoms with Crippen LogP contribution in [-0.4, -0.2) is 43.3 Å². The Morgan fingerprint density at radius 1 is 1.00 bits per heavy atom. The molecule has 160 valence electrons. The summed E-state index contributed by atoms with van der Waals surface area (Å²) in [5.41, 5.74) is 1.97. The second-order valence-electron chi connectivity index (χ2n) is 6.92. The van der Waals surface area contributed by atoms with Crippen molar-refractivity contribution in [3.05, 3.63) is 83.8 Å². The van der Waals surface area contributed by atoms with Gasteiger partial charge in [-0.3, -0.25) is 14.4 Å². The summed E-state index contributed by atoms with van der Waals surface area (Å²) in [4.78, 5) is 37.5. The smallest absolute Gasteiger partial charge is 0.291 e. The highest BCUT2D eigenvalue weighted by atomic mass is 16.5. The summed E-state index contributed by atoms with van der Waals surface area (Å²) in [6.45, 7) is 0.144. The van der Waals surface area contributed by atoms with Crippen molar-refractivity contribution in [3.63, 3.8) is 0 Å². The number of furan rings is 1. The van der Waals surface area contributed by atoms with Crippen LogP contribution in [0.3, 0.4) is 0 Å². The number of carbonyl (C=O) groups is 3. The number of nitrogens with one attached hydrogen (secondary N) is 2. The van der Waals surface area contributed by atoms with Gasteiger partial charge in [0.1, 0.15) is 5.75 Å². The molecule has 8 heteroatoms. The van der Waals surface area contributed by atoms with Gasteiger partial charge in [-0.2, -0.15) is 0 Å². The van der Waals surface area contributed by atoms with Crippen LogP contribution in [0.1, 0.15) is 26.5 Å². The molecule has 3 rings (SSSR count). The number of hydrogen-bond donors (Lipinski definition) is 2. The highest BCUT2D eigenvalue weighted by Gasteiger charge is 2.10. The molecular formula is C23H23N3O5. The van der Waals surface area contributed by atoms with Gasteiger partial charge in [-0.15, -0.1) is 0 Å². The second-order valence-corrected chi connectivity index (χ2v) is 6.92. The van der Waals surface area contributed by atoms with Gasteiger partial charge in [0, 0.05) is 38.0 Å². The van der Waals surface area contributed by atoms with Gasteiger partial charge < -0.3 is 24.7 Å². The number of amides is 3. The van der Waals surface area contributed by atoms with Gasteiger partial charge >= 0.3 is 0 Å². The zero-order valence-corrected chi connectivity index (χ0v) is 17.3. The first-order chi connectivity index (χ1) is 14.9. The largest absolute Gasteiger partial charge is 0.484 e. The predicted octanol–water partition coefficient (Wildman–Crippen LogP) is 2.93. The van der Waals surface area contributed by atoms with Crippen molar-refractivity contribution < 1.29 is 23.5 Å². The Morgan fingerprint density at radius 2 is 1.77 bits per heavy atom. The standard InChI is InChI=1S/C23H23N3O5/c1-26(2)23(29)17-10-8-16(9-11-17)14-24-21(27)15-31-19-6-3-5-18(13-19)25-22(28)20-7-4-12-30-20/h3-13H,14-15H2,1-2H3,(H,24,27)(H,25,28). The van der Waals surface area contributed by atoms with Crippen molar-refractivity contribution in [1.82, 2.24) is 10.2 Å². The lowest BCUT2D eigenvalue weighted by molar-refractivity contribution is -0.123. The summed E-state index contributed by atoms with van der Waals surface area (Å²) in [6, 6.07) is 17.0. The zero-order valence-electron chi connectivity index (χ0n) is 17.3. The molecule has 0 aliphatic rings. The molecule has 0 fully saturated rings. The van der Waals surface area contributed by atoms with E-state index < -0.39 is 0 Å². The van der Waals surface area contributed by atoms with Crippen LogP contribution in [-0.2, 0) is 11.3 Å². The summed E-state index contributed by atoms with van der Waals surface area (Å²) in [5, 5.41) is 5.46. The highest BCUT2D eigenvalue weighted by Crippen LogP contribution is 2.18. The number of anilines is 1. The van der Waals surface area contributed by atoms with E-state index >= 15 is 0 Å². The van der Waals surface area contributed by atoms with Crippen molar-refractivity contribution in [1.29, 1.82) is 0 Å². The van der Waals surface area contributed by atoms with E-state index in [1.165, 1.54) is 11.2 Å². The van der Waals surface area contributed by atoms with Gasteiger partial charge in [-0.1, -0.05) is 18.2 Å². The Bertz CT molecular complexity index is 1040. The molecule has 0 saturated heterocycles. The van der Waals surface area contributed by atoms with Crippen LogP contribution in [0.4, 0.5) is 5.69 Å². The minimum atomic E-state index is -0.377. The van der Waals surface area contributed by atoms with E-state index in [2.05, 4.69) is 10.6 Å². The van der Waals surface area contributed by atoms with Gasteiger partial charge in [-0.05, 0) is 42.0 Å². The van der Waals surface area contributed by atoms with Crippen LogP contribution in [0, 0.1) is 0 Å². The fraction of sp³-hybridized carbons (Fsp3) is 0.174. The third-order valence-electron chi connectivity index (χ3n) is 4.30. The zero-order chi connectivity index (χ0) is 22.2. The molecule has 2 aromatic carbocycles. The topological polar surface area (TPSA) is 101 Å². The molecule has 0 unspecified atom stereocenters. The third-order valence-corrected chi connectivity index (χ3v) is 4.30. The average molecular weight is 421 g/mol. The van der Waals surface area contributed by atoms with Crippen LogP contribution in [0.5, 0.6) is 5.75 Å². The Labute approximate surface area is 179 Å². The Morgan fingerprint density at radius 3 is 2.45 bits per heavy atom. The first-order valence-corrected chi connectivity index (χ1v) is 9.57. The SMILES string of the molecule is CN(C)C(=O)c1ccc(CNC(=O)COc2cccc(NC(=O)c3ccco3)c2)cc1. The van der Waals surface area contributed by atoms with Gasteiger partial charge in [-0.25, -0.2) is 0 Å². The molecule has 0 aliphatic heterocycles. The molecule has 0 bridgehead atoms. The lowest BCUT2D eigenvalue weighted by atomic mass is 10.1. The maximum absolute atomic E-state index is 12.1. The average Bonchev–Trinajstić information content (AvgIpc) is 3.31. The maximum atomic E-state index is 12.1. The predicted molar refractivity (Wildman–Crippen MR) is 115 cm³/mol. The fourth-order valence-electron chi connectivity index (χ4n) is 2.69. The Kier molecular flexibility index (Phi) is 7.05. The van der Waals surface area contributed by atoms with Crippen molar-refractivity contribution in [3.8, 4) is 5.75 Å². The quantitative estimate of drug-likeness (QED) is 0.582. The van der Waals surface area contributed by atoms with E-state index in [9.17, 15) is 14.4 Å². The van der Waals surface area contributed by atoms with Crippen LogP contribution in [0.15, 0.2) is 71.3 Å². The van der Waals surface area contributed by atoms with Crippen LogP contribution in [0.2, 0.25) is 0 Å². The minimum Gasteiger partial charge on any atom is -0.484 e. The van der Waals surface area contributed by atoms with E-state index in [-0.39, 0.29) is 30.1 Å². The number of ether oxygens (including phenoxy) is 1. The minimum absolute atomic E-state index is 0.0773. The van der Waals surface area contributed by atoms with E-state index in [0.717, 1.165) is 5.56 Å². The van der Waals surface area contributed by atoms with Crippen molar-refractivity contribution in [2.24, 2.45) is 0 Å². The van der Waals surface area contributed by atoms with Crippen molar-refractivity contribution in [2.75, 3.05) is 26.0 Å². The van der Waals surface area contributed by atoms with E-state index in [0.29, 0.717) is 23.5 Å². The molecule has 0 aliphatic carbocycles.